The molecule has 2 aromatic heterocycles. The molecule has 0 atom stereocenters. The lowest BCUT2D eigenvalue weighted by atomic mass is 10.2. The maximum atomic E-state index is 12.5. The molecule has 0 fully saturated rings. The Labute approximate surface area is 153 Å². The van der Waals surface area contributed by atoms with Gasteiger partial charge in [-0.1, -0.05) is 30.3 Å². The zero-order chi connectivity index (χ0) is 18.7. The minimum Gasteiger partial charge on any atom is -0.369 e. The molecule has 0 unspecified atom stereocenters. The molecule has 26 heavy (non-hydrogen) atoms. The molecule has 0 saturated heterocycles. The van der Waals surface area contributed by atoms with Crippen LogP contribution < -0.4 is 9.62 Å². The summed E-state index contributed by atoms with van der Waals surface area (Å²) < 4.78 is 27.6. The van der Waals surface area contributed by atoms with Crippen LogP contribution in [0.15, 0.2) is 53.6 Å². The standard InChI is InChI=1S/C18H21N5O2S/c1-13-18(14(2)21-20-13)26(24,25)22-17-10-9-16(11-19-17)23(3)12-15-7-5-4-6-8-15/h4-11H,12H2,1-3H3,(H,19,22)(H,20,21). The van der Waals surface area contributed by atoms with Crippen LogP contribution in [0.1, 0.15) is 17.0 Å². The molecule has 0 bridgehead atoms. The van der Waals surface area contributed by atoms with Crippen molar-refractivity contribution in [2.75, 3.05) is 16.7 Å². The van der Waals surface area contributed by atoms with Gasteiger partial charge in [0.15, 0.2) is 0 Å². The number of hydrogen-bond acceptors (Lipinski definition) is 5. The van der Waals surface area contributed by atoms with E-state index in [0.29, 0.717) is 11.4 Å². The predicted molar refractivity (Wildman–Crippen MR) is 102 cm³/mol. The van der Waals surface area contributed by atoms with Crippen molar-refractivity contribution in [3.8, 4) is 0 Å². The molecule has 0 aliphatic rings. The van der Waals surface area contributed by atoms with Crippen molar-refractivity contribution < 1.29 is 8.42 Å². The number of anilines is 2. The summed E-state index contributed by atoms with van der Waals surface area (Å²) in [6.07, 6.45) is 1.65. The third kappa shape index (κ3) is 3.85. The van der Waals surface area contributed by atoms with E-state index >= 15 is 0 Å². The molecule has 3 rings (SSSR count). The van der Waals surface area contributed by atoms with Crippen molar-refractivity contribution >= 4 is 21.5 Å². The average molecular weight is 371 g/mol. The first-order valence-electron chi connectivity index (χ1n) is 8.12. The van der Waals surface area contributed by atoms with Gasteiger partial charge in [-0.05, 0) is 31.5 Å². The fourth-order valence-corrected chi connectivity index (χ4v) is 4.13. The number of hydrogen-bond donors (Lipinski definition) is 2. The molecule has 0 amide bonds. The number of sulfonamides is 1. The lowest BCUT2D eigenvalue weighted by Crippen LogP contribution is -2.18. The van der Waals surface area contributed by atoms with E-state index in [9.17, 15) is 8.42 Å². The van der Waals surface area contributed by atoms with Crippen molar-refractivity contribution in [2.45, 2.75) is 25.3 Å². The number of rotatable bonds is 6. The molecule has 0 radical (unpaired) electrons. The molecular weight excluding hydrogens is 350 g/mol. The first kappa shape index (κ1) is 17.9. The lowest BCUT2D eigenvalue weighted by molar-refractivity contribution is 0.600. The van der Waals surface area contributed by atoms with Gasteiger partial charge in [0.05, 0.1) is 23.3 Å². The number of aromatic amines is 1. The summed E-state index contributed by atoms with van der Waals surface area (Å²) >= 11 is 0. The highest BCUT2D eigenvalue weighted by molar-refractivity contribution is 7.92. The number of aromatic nitrogens is 3. The SMILES string of the molecule is Cc1n[nH]c(C)c1S(=O)(=O)Nc1ccc(N(C)Cc2ccccc2)cn1. The highest BCUT2D eigenvalue weighted by Gasteiger charge is 2.22. The van der Waals surface area contributed by atoms with E-state index in [1.165, 1.54) is 5.56 Å². The summed E-state index contributed by atoms with van der Waals surface area (Å²) in [6, 6.07) is 13.6. The summed E-state index contributed by atoms with van der Waals surface area (Å²) in [7, 11) is -1.77. The molecule has 136 valence electrons. The highest BCUT2D eigenvalue weighted by atomic mass is 32.2. The zero-order valence-corrected chi connectivity index (χ0v) is 15.7. The quantitative estimate of drug-likeness (QED) is 0.695. The first-order chi connectivity index (χ1) is 12.4. The van der Waals surface area contributed by atoms with Gasteiger partial charge >= 0.3 is 0 Å². The Hall–Kier alpha value is -2.87. The summed E-state index contributed by atoms with van der Waals surface area (Å²) in [6.45, 7) is 4.05. The van der Waals surface area contributed by atoms with Crippen molar-refractivity contribution in [3.05, 3.63) is 65.6 Å². The summed E-state index contributed by atoms with van der Waals surface area (Å²) in [5, 5.41) is 6.61. The Balaban J connectivity index is 1.73. The molecule has 1 aromatic carbocycles. The first-order valence-corrected chi connectivity index (χ1v) is 9.60. The molecule has 3 aromatic rings. The zero-order valence-electron chi connectivity index (χ0n) is 14.9. The minimum absolute atomic E-state index is 0.157. The number of H-pyrrole nitrogens is 1. The molecule has 0 aliphatic heterocycles. The number of aryl methyl sites for hydroxylation is 2. The molecule has 0 spiro atoms. The van der Waals surface area contributed by atoms with E-state index in [1.54, 1.807) is 26.1 Å². The maximum Gasteiger partial charge on any atom is 0.266 e. The average Bonchev–Trinajstić information content (AvgIpc) is 2.95. The summed E-state index contributed by atoms with van der Waals surface area (Å²) in [5.74, 6) is 0.266. The second-order valence-corrected chi connectivity index (χ2v) is 7.73. The highest BCUT2D eigenvalue weighted by Crippen LogP contribution is 2.21. The fourth-order valence-electron chi connectivity index (χ4n) is 2.75. The maximum absolute atomic E-state index is 12.5. The molecule has 0 aliphatic carbocycles. The number of nitrogens with zero attached hydrogens (tertiary/aromatic N) is 3. The topological polar surface area (TPSA) is 91.0 Å². The molecule has 0 saturated carbocycles. The number of nitrogens with one attached hydrogen (secondary N) is 2. The van der Waals surface area contributed by atoms with E-state index < -0.39 is 10.0 Å². The Morgan fingerprint density at radius 3 is 2.42 bits per heavy atom. The van der Waals surface area contributed by atoms with Gasteiger partial charge < -0.3 is 4.90 Å². The molecule has 8 heteroatoms. The van der Waals surface area contributed by atoms with Gasteiger partial charge in [0.25, 0.3) is 10.0 Å². The number of pyridine rings is 1. The van der Waals surface area contributed by atoms with Crippen LogP contribution in [0.5, 0.6) is 0 Å². The lowest BCUT2D eigenvalue weighted by Gasteiger charge is -2.19. The van der Waals surface area contributed by atoms with Gasteiger partial charge in [-0.3, -0.25) is 9.82 Å². The van der Waals surface area contributed by atoms with E-state index in [2.05, 4.69) is 32.0 Å². The molecular formula is C18H21N5O2S. The van der Waals surface area contributed by atoms with Crippen molar-refractivity contribution in [1.29, 1.82) is 0 Å². The predicted octanol–water partition coefficient (Wildman–Crippen LogP) is 2.86. The summed E-state index contributed by atoms with van der Waals surface area (Å²) in [4.78, 5) is 6.44. The van der Waals surface area contributed by atoms with Crippen LogP contribution in [0.3, 0.4) is 0 Å². The van der Waals surface area contributed by atoms with Crippen LogP contribution in [-0.4, -0.2) is 30.6 Å². The molecule has 7 nitrogen and oxygen atoms in total. The third-order valence-electron chi connectivity index (χ3n) is 4.02. The Morgan fingerprint density at radius 2 is 1.85 bits per heavy atom. The van der Waals surface area contributed by atoms with Gasteiger partial charge in [-0.2, -0.15) is 5.10 Å². The van der Waals surface area contributed by atoms with Crippen LogP contribution in [0, 0.1) is 13.8 Å². The number of benzene rings is 1. The van der Waals surface area contributed by atoms with Crippen molar-refractivity contribution in [3.63, 3.8) is 0 Å². The van der Waals surface area contributed by atoms with Gasteiger partial charge in [-0.25, -0.2) is 13.4 Å². The van der Waals surface area contributed by atoms with Gasteiger partial charge in [0.2, 0.25) is 0 Å². The normalized spacial score (nSPS) is 11.3. The van der Waals surface area contributed by atoms with E-state index in [0.717, 1.165) is 12.2 Å². The largest absolute Gasteiger partial charge is 0.369 e. The smallest absolute Gasteiger partial charge is 0.266 e. The van der Waals surface area contributed by atoms with Crippen molar-refractivity contribution in [2.24, 2.45) is 0 Å². The van der Waals surface area contributed by atoms with Crippen LogP contribution in [0.2, 0.25) is 0 Å². The van der Waals surface area contributed by atoms with Crippen LogP contribution in [-0.2, 0) is 16.6 Å². The van der Waals surface area contributed by atoms with Gasteiger partial charge in [0, 0.05) is 13.6 Å². The minimum atomic E-state index is -3.73. The third-order valence-corrected chi connectivity index (χ3v) is 5.64. The Bertz CT molecular complexity index is 963. The summed E-state index contributed by atoms with van der Waals surface area (Å²) in [5.41, 5.74) is 3.00. The van der Waals surface area contributed by atoms with Crippen molar-refractivity contribution in [1.82, 2.24) is 15.2 Å². The van der Waals surface area contributed by atoms with Crippen LogP contribution in [0.25, 0.3) is 0 Å². The molecule has 2 N–H and O–H groups in total. The van der Waals surface area contributed by atoms with Crippen LogP contribution in [0.4, 0.5) is 11.5 Å². The monoisotopic (exact) mass is 371 g/mol. The molecule has 2 heterocycles. The van der Waals surface area contributed by atoms with Gasteiger partial charge in [0.1, 0.15) is 10.7 Å². The van der Waals surface area contributed by atoms with E-state index in [1.807, 2.05) is 36.2 Å². The Kier molecular flexibility index (Phi) is 4.94. The second-order valence-electron chi connectivity index (χ2n) is 6.11. The van der Waals surface area contributed by atoms with E-state index in [4.69, 9.17) is 0 Å². The second kappa shape index (κ2) is 7.17. The van der Waals surface area contributed by atoms with Crippen LogP contribution >= 0.6 is 0 Å². The van der Waals surface area contributed by atoms with Gasteiger partial charge in [-0.15, -0.1) is 0 Å². The fraction of sp³-hybridized carbons (Fsp3) is 0.222. The Morgan fingerprint density at radius 1 is 1.12 bits per heavy atom. The van der Waals surface area contributed by atoms with E-state index in [-0.39, 0.29) is 10.7 Å².